The van der Waals surface area contributed by atoms with Crippen molar-refractivity contribution in [2.75, 3.05) is 0 Å². The van der Waals surface area contributed by atoms with Crippen LogP contribution in [0, 0.1) is 11.6 Å². The molecule has 0 amide bonds. The van der Waals surface area contributed by atoms with Crippen LogP contribution in [0.3, 0.4) is 0 Å². The summed E-state index contributed by atoms with van der Waals surface area (Å²) in [4.78, 5) is 18.1. The molecule has 6 heterocycles. The minimum Gasteiger partial charge on any atom is -0.361 e. The second-order valence-corrected chi connectivity index (χ2v) is 15.8. The van der Waals surface area contributed by atoms with E-state index in [1.54, 1.807) is 24.5 Å². The first-order valence-corrected chi connectivity index (χ1v) is 26.9. The first kappa shape index (κ1) is 64.0. The molecule has 0 unspecified atom stereocenters. The Balaban J connectivity index is 0.000000414. The molecular formula is C60H72Br2Cl2F2N6. The van der Waals surface area contributed by atoms with Crippen LogP contribution in [0.1, 0.15) is 83.1 Å². The lowest BCUT2D eigenvalue weighted by molar-refractivity contribution is 0.629. The number of fused-ring (bicyclic) bond motifs is 6. The van der Waals surface area contributed by atoms with Crippen molar-refractivity contribution in [2.45, 2.75) is 83.1 Å². The molecule has 0 radical (unpaired) electrons. The molecule has 6 nitrogen and oxygen atoms in total. The highest BCUT2D eigenvalue weighted by atomic mass is 79.9. The summed E-state index contributed by atoms with van der Waals surface area (Å²) in [7, 11) is 0. The van der Waals surface area contributed by atoms with Gasteiger partial charge in [-0.3, -0.25) is 0 Å². The summed E-state index contributed by atoms with van der Waals surface area (Å²) in [5.74, 6) is -0.391. The Labute approximate surface area is 452 Å². The van der Waals surface area contributed by atoms with Crippen LogP contribution in [0.2, 0.25) is 10.0 Å². The Hall–Kier alpha value is -6.04. The average molecular weight is 1150 g/mol. The zero-order valence-electron chi connectivity index (χ0n) is 43.6. The van der Waals surface area contributed by atoms with E-state index in [0.29, 0.717) is 5.52 Å². The highest BCUT2D eigenvalue weighted by Gasteiger charge is 1.99. The second kappa shape index (κ2) is 37.7. The summed E-state index contributed by atoms with van der Waals surface area (Å²) in [5, 5.41) is 8.36. The molecule has 0 saturated heterocycles. The van der Waals surface area contributed by atoms with E-state index >= 15 is 0 Å². The van der Waals surface area contributed by atoms with E-state index in [4.69, 9.17) is 23.2 Å². The van der Waals surface area contributed by atoms with Gasteiger partial charge >= 0.3 is 0 Å². The van der Waals surface area contributed by atoms with Crippen molar-refractivity contribution in [1.82, 2.24) is 29.9 Å². The maximum Gasteiger partial charge on any atom is 0.147 e. The van der Waals surface area contributed by atoms with Gasteiger partial charge in [-0.05, 0) is 130 Å². The van der Waals surface area contributed by atoms with E-state index in [0.717, 1.165) is 51.7 Å². The summed E-state index contributed by atoms with van der Waals surface area (Å²) in [6.07, 6.45) is 11.2. The number of H-pyrrole nitrogens is 6. The topological polar surface area (TPSA) is 94.7 Å². The number of nitrogens with one attached hydrogen (secondary N) is 6. The van der Waals surface area contributed by atoms with E-state index in [9.17, 15) is 8.78 Å². The predicted octanol–water partition coefficient (Wildman–Crippen LogP) is 22.3. The number of aromatic amines is 6. The molecule has 0 aliphatic carbocycles. The van der Waals surface area contributed by atoms with Crippen LogP contribution in [0.25, 0.3) is 65.4 Å². The molecule has 0 saturated carbocycles. The molecule has 0 spiro atoms. The number of halogens is 6. The van der Waals surface area contributed by atoms with E-state index in [-0.39, 0.29) is 11.6 Å². The Bertz CT molecular complexity index is 2890. The van der Waals surface area contributed by atoms with Crippen LogP contribution in [-0.2, 0) is 0 Å². The molecular weight excluding hydrogens is 1070 g/mol. The summed E-state index contributed by atoms with van der Waals surface area (Å²) < 4.78 is 27.5. The molecule has 6 N–H and O–H groups in total. The van der Waals surface area contributed by atoms with Crippen molar-refractivity contribution < 1.29 is 8.78 Å². The molecule has 12 aromatic rings. The standard InChI is InChI=1S/2C8H6BrN.2C8H6ClN.2C8H6FN.6C2H6/c9-7-1-2-8-6(5-7)3-4-10-8;9-7-3-1-2-6-4-5-10-8(6)7;9-7-2-1-6-3-4-10-8(6)5-7;9-7-3-1-2-6-4-5-10-8(6)7;9-7-2-1-6-3-4-10-8(6)5-7;9-7-3-1-2-6-4-5-10-8(6)7;6*1-2/h6*1-5,10H;6*1-2H3. The van der Waals surface area contributed by atoms with Crippen molar-refractivity contribution in [3.05, 3.63) is 213 Å². The summed E-state index contributed by atoms with van der Waals surface area (Å²) in [6.45, 7) is 24.0. The Morgan fingerprint density at radius 2 is 0.778 bits per heavy atom. The van der Waals surface area contributed by atoms with Gasteiger partial charge in [0.25, 0.3) is 0 Å². The number of aromatic nitrogens is 6. The lowest BCUT2D eigenvalue weighted by Gasteiger charge is -1.90. The predicted molar refractivity (Wildman–Crippen MR) is 323 cm³/mol. The summed E-state index contributed by atoms with van der Waals surface area (Å²) >= 11 is 18.5. The summed E-state index contributed by atoms with van der Waals surface area (Å²) in [6, 6.07) is 45.5. The Kier molecular flexibility index (Phi) is 33.5. The number of para-hydroxylation sites is 3. The third kappa shape index (κ3) is 20.6. The van der Waals surface area contributed by atoms with E-state index in [1.165, 1.54) is 45.4 Å². The van der Waals surface area contributed by atoms with Crippen molar-refractivity contribution >= 4 is 120 Å². The molecule has 0 fully saturated rings. The third-order valence-electron chi connectivity index (χ3n) is 9.16. The van der Waals surface area contributed by atoms with Crippen molar-refractivity contribution in [2.24, 2.45) is 0 Å². The minimum absolute atomic E-state index is 0.192. The van der Waals surface area contributed by atoms with Gasteiger partial charge in [0.1, 0.15) is 11.6 Å². The van der Waals surface area contributed by atoms with Crippen molar-refractivity contribution in [3.63, 3.8) is 0 Å². The fraction of sp³-hybridized carbons (Fsp3) is 0.200. The monoisotopic (exact) mass is 1140 g/mol. The highest BCUT2D eigenvalue weighted by molar-refractivity contribution is 9.11. The SMILES string of the molecule is Brc1ccc2[nH]ccc2c1.Brc1cccc2cc[nH]c12.CC.CC.CC.CC.CC.CC.Clc1ccc2cc[nH]c2c1.Clc1cccc2cc[nH]c12.Fc1ccc2cc[nH]c2c1.Fc1cccc2cc[nH]c12. The van der Waals surface area contributed by atoms with Crippen LogP contribution in [-0.4, -0.2) is 29.9 Å². The van der Waals surface area contributed by atoms with Gasteiger partial charge in [0.05, 0.1) is 21.6 Å². The van der Waals surface area contributed by atoms with Gasteiger partial charge in [0, 0.05) is 89.2 Å². The molecule has 0 aliphatic rings. The zero-order valence-corrected chi connectivity index (χ0v) is 48.3. The van der Waals surface area contributed by atoms with Crippen LogP contribution < -0.4 is 0 Å². The quantitative estimate of drug-likeness (QED) is 0.0873. The molecule has 384 valence electrons. The average Bonchev–Trinajstić information content (AvgIpc) is 4.30. The molecule has 12 rings (SSSR count). The molecule has 6 aromatic carbocycles. The lowest BCUT2D eigenvalue weighted by Crippen LogP contribution is -1.73. The van der Waals surface area contributed by atoms with E-state index in [2.05, 4.69) is 92.1 Å². The first-order chi connectivity index (χ1) is 35.2. The van der Waals surface area contributed by atoms with E-state index in [1.807, 2.05) is 193 Å². The highest BCUT2D eigenvalue weighted by Crippen LogP contribution is 2.23. The number of hydrogen-bond donors (Lipinski definition) is 6. The van der Waals surface area contributed by atoms with Gasteiger partial charge in [-0.15, -0.1) is 0 Å². The minimum atomic E-state index is -0.199. The third-order valence-corrected chi connectivity index (χ3v) is 10.9. The van der Waals surface area contributed by atoms with Gasteiger partial charge in [-0.2, -0.15) is 0 Å². The Morgan fingerprint density at radius 1 is 0.347 bits per heavy atom. The van der Waals surface area contributed by atoms with E-state index < -0.39 is 0 Å². The number of benzene rings is 6. The van der Waals surface area contributed by atoms with Gasteiger partial charge in [0.15, 0.2) is 0 Å². The van der Waals surface area contributed by atoms with Gasteiger partial charge < -0.3 is 29.9 Å². The molecule has 12 heteroatoms. The first-order valence-electron chi connectivity index (χ1n) is 24.5. The number of hydrogen-bond acceptors (Lipinski definition) is 0. The van der Waals surface area contributed by atoms with Gasteiger partial charge in [-0.25, -0.2) is 8.78 Å². The molecule has 0 atom stereocenters. The number of rotatable bonds is 0. The van der Waals surface area contributed by atoms with Crippen LogP contribution >= 0.6 is 55.1 Å². The van der Waals surface area contributed by atoms with Gasteiger partial charge in [0.2, 0.25) is 0 Å². The van der Waals surface area contributed by atoms with Crippen LogP contribution in [0.5, 0.6) is 0 Å². The largest absolute Gasteiger partial charge is 0.361 e. The molecule has 0 aliphatic heterocycles. The maximum atomic E-state index is 12.8. The maximum absolute atomic E-state index is 12.8. The van der Waals surface area contributed by atoms with Gasteiger partial charge in [-0.1, -0.05) is 165 Å². The zero-order chi connectivity index (χ0) is 53.8. The molecule has 0 bridgehead atoms. The summed E-state index contributed by atoms with van der Waals surface area (Å²) in [5.41, 5.74) is 5.89. The van der Waals surface area contributed by atoms with Crippen LogP contribution in [0.4, 0.5) is 8.78 Å². The molecule has 72 heavy (non-hydrogen) atoms. The van der Waals surface area contributed by atoms with Crippen LogP contribution in [0.15, 0.2) is 192 Å². The van der Waals surface area contributed by atoms with Crippen molar-refractivity contribution in [3.8, 4) is 0 Å². The lowest BCUT2D eigenvalue weighted by atomic mass is 10.2. The Morgan fingerprint density at radius 3 is 1.33 bits per heavy atom. The second-order valence-electron chi connectivity index (χ2n) is 13.2. The normalized spacial score (nSPS) is 9.25. The van der Waals surface area contributed by atoms with Crippen molar-refractivity contribution in [1.29, 1.82) is 0 Å². The molecule has 6 aromatic heterocycles. The fourth-order valence-electron chi connectivity index (χ4n) is 6.20. The smallest absolute Gasteiger partial charge is 0.147 e. The fourth-order valence-corrected chi connectivity index (χ4v) is 7.49.